The first kappa shape index (κ1) is 77.6. The van der Waals surface area contributed by atoms with Gasteiger partial charge in [0.2, 0.25) is 5.91 Å². The molecule has 9 nitrogen and oxygen atoms in total. The van der Waals surface area contributed by atoms with E-state index in [1.165, 1.54) is 161 Å². The first-order valence-electron chi connectivity index (χ1n) is 34.3. The molecule has 0 spiro atoms. The van der Waals surface area contributed by atoms with Crippen molar-refractivity contribution in [1.82, 2.24) is 5.32 Å². The Balaban J connectivity index is 2.21. The maximum Gasteiger partial charge on any atom is 0.220 e. The van der Waals surface area contributed by atoms with Gasteiger partial charge in [0.15, 0.2) is 6.29 Å². The Morgan fingerprint density at radius 1 is 0.422 bits per heavy atom. The van der Waals surface area contributed by atoms with Crippen LogP contribution in [0.5, 0.6) is 0 Å². The molecule has 0 aromatic heterocycles. The molecule has 83 heavy (non-hydrogen) atoms. The number of rotatable bonds is 58. The van der Waals surface area contributed by atoms with Crippen molar-refractivity contribution in [3.05, 3.63) is 122 Å². The third-order valence-corrected chi connectivity index (χ3v) is 15.5. The molecule has 1 rings (SSSR count). The van der Waals surface area contributed by atoms with Gasteiger partial charge in [0.1, 0.15) is 24.4 Å². The van der Waals surface area contributed by atoms with Gasteiger partial charge in [-0.2, -0.15) is 0 Å². The van der Waals surface area contributed by atoms with E-state index in [4.69, 9.17) is 9.47 Å². The first-order valence-corrected chi connectivity index (χ1v) is 34.3. The Bertz CT molecular complexity index is 1720. The second-order valence-electron chi connectivity index (χ2n) is 23.2. The van der Waals surface area contributed by atoms with Gasteiger partial charge < -0.3 is 40.3 Å². The fourth-order valence-corrected chi connectivity index (χ4v) is 10.2. The van der Waals surface area contributed by atoms with Crippen LogP contribution in [0.1, 0.15) is 284 Å². The van der Waals surface area contributed by atoms with Gasteiger partial charge in [-0.3, -0.25) is 4.79 Å². The Kier molecular flexibility index (Phi) is 57.7. The normalized spacial score (nSPS) is 19.0. The second kappa shape index (κ2) is 61.7. The molecule has 1 heterocycles. The molecule has 7 atom stereocenters. The highest BCUT2D eigenvalue weighted by Crippen LogP contribution is 2.23. The van der Waals surface area contributed by atoms with E-state index in [1.54, 1.807) is 6.08 Å². The number of hydrogen-bond acceptors (Lipinski definition) is 8. The number of carbonyl (C=O) groups excluding carboxylic acids is 1. The van der Waals surface area contributed by atoms with E-state index in [0.717, 1.165) is 103 Å². The molecule has 1 aliphatic heterocycles. The van der Waals surface area contributed by atoms with Crippen molar-refractivity contribution in [1.29, 1.82) is 0 Å². The fourth-order valence-electron chi connectivity index (χ4n) is 10.2. The van der Waals surface area contributed by atoms with Crippen molar-refractivity contribution in [3.8, 4) is 0 Å². The molecule has 1 saturated heterocycles. The first-order chi connectivity index (χ1) is 40.8. The number of aliphatic hydroxyl groups excluding tert-OH is 5. The Labute approximate surface area is 509 Å². The van der Waals surface area contributed by atoms with Gasteiger partial charge in [0.25, 0.3) is 0 Å². The molecule has 1 fully saturated rings. The molecule has 0 bridgehead atoms. The van der Waals surface area contributed by atoms with Crippen molar-refractivity contribution in [2.75, 3.05) is 13.2 Å². The lowest BCUT2D eigenvalue weighted by Crippen LogP contribution is -2.60. The molecule has 0 radical (unpaired) electrons. The number of allylic oxidation sites excluding steroid dienone is 19. The number of hydrogen-bond donors (Lipinski definition) is 6. The summed E-state index contributed by atoms with van der Waals surface area (Å²) in [7, 11) is 0. The monoisotopic (exact) mass is 1160 g/mol. The van der Waals surface area contributed by atoms with E-state index in [0.29, 0.717) is 6.42 Å². The molecule has 1 aliphatic rings. The van der Waals surface area contributed by atoms with Gasteiger partial charge in [0.05, 0.1) is 25.4 Å². The second-order valence-corrected chi connectivity index (χ2v) is 23.2. The van der Waals surface area contributed by atoms with Gasteiger partial charge in [-0.25, -0.2) is 0 Å². The zero-order valence-electron chi connectivity index (χ0n) is 53.2. The molecular weight excluding hydrogens is 1030 g/mol. The summed E-state index contributed by atoms with van der Waals surface area (Å²) in [6.07, 6.45) is 85.8. The molecule has 7 unspecified atom stereocenters. The van der Waals surface area contributed by atoms with Crippen LogP contribution in [-0.2, 0) is 14.3 Å². The van der Waals surface area contributed by atoms with E-state index < -0.39 is 49.5 Å². The quantitative estimate of drug-likeness (QED) is 0.0261. The Morgan fingerprint density at radius 2 is 0.759 bits per heavy atom. The van der Waals surface area contributed by atoms with E-state index in [1.807, 2.05) is 6.08 Å². The third kappa shape index (κ3) is 50.5. The van der Waals surface area contributed by atoms with Crippen molar-refractivity contribution in [2.45, 2.75) is 326 Å². The molecule has 0 aliphatic carbocycles. The lowest BCUT2D eigenvalue weighted by atomic mass is 9.99. The summed E-state index contributed by atoms with van der Waals surface area (Å²) in [5.41, 5.74) is 0. The average Bonchev–Trinajstić information content (AvgIpc) is 3.61. The molecule has 0 aromatic rings. The number of ether oxygens (including phenoxy) is 2. The van der Waals surface area contributed by atoms with Crippen LogP contribution in [0, 0.1) is 0 Å². The van der Waals surface area contributed by atoms with Crippen LogP contribution in [0.3, 0.4) is 0 Å². The Morgan fingerprint density at radius 3 is 1.16 bits per heavy atom. The molecule has 0 saturated carbocycles. The fraction of sp³-hybridized carbons (Fsp3) is 0.716. The highest BCUT2D eigenvalue weighted by molar-refractivity contribution is 5.76. The highest BCUT2D eigenvalue weighted by Gasteiger charge is 2.44. The molecule has 476 valence electrons. The summed E-state index contributed by atoms with van der Waals surface area (Å²) in [5, 5.41) is 54.7. The minimum atomic E-state index is -1.58. The van der Waals surface area contributed by atoms with E-state index in [9.17, 15) is 30.3 Å². The number of unbranched alkanes of at least 4 members (excludes halogenated alkanes) is 30. The lowest BCUT2D eigenvalue weighted by Gasteiger charge is -2.40. The SMILES string of the molecule is CC/C=C\C/C=C\C/C=C\C/C=C\C/C=C\C/C=C\C/C=C\CCCCCCCCCCCC(=O)NC(COC1OC(CO)C(O)C(O)C1O)C(O)/C=C/CC/C=C/CC/C=C/CCCCCCCCCCCCCCCCCCCCC. The average molecular weight is 1160 g/mol. The van der Waals surface area contributed by atoms with Crippen LogP contribution in [-0.4, -0.2) is 87.5 Å². The molecular formula is C74H127NO8. The zero-order chi connectivity index (χ0) is 60.0. The van der Waals surface area contributed by atoms with Gasteiger partial charge in [0, 0.05) is 6.42 Å². The zero-order valence-corrected chi connectivity index (χ0v) is 53.2. The summed E-state index contributed by atoms with van der Waals surface area (Å²) in [6.45, 7) is 3.66. The predicted molar refractivity (Wildman–Crippen MR) is 354 cm³/mol. The van der Waals surface area contributed by atoms with E-state index in [2.05, 4.69) is 129 Å². The largest absolute Gasteiger partial charge is 0.394 e. The van der Waals surface area contributed by atoms with Crippen molar-refractivity contribution in [2.24, 2.45) is 0 Å². The third-order valence-electron chi connectivity index (χ3n) is 15.5. The molecule has 0 aromatic carbocycles. The number of nitrogens with one attached hydrogen (secondary N) is 1. The lowest BCUT2D eigenvalue weighted by molar-refractivity contribution is -0.302. The van der Waals surface area contributed by atoms with Crippen LogP contribution in [0.15, 0.2) is 122 Å². The van der Waals surface area contributed by atoms with E-state index >= 15 is 0 Å². The van der Waals surface area contributed by atoms with Crippen molar-refractivity contribution in [3.63, 3.8) is 0 Å². The predicted octanol–water partition coefficient (Wildman–Crippen LogP) is 18.6. The van der Waals surface area contributed by atoms with Crippen LogP contribution < -0.4 is 5.32 Å². The smallest absolute Gasteiger partial charge is 0.220 e. The van der Waals surface area contributed by atoms with Crippen LogP contribution >= 0.6 is 0 Å². The van der Waals surface area contributed by atoms with Crippen molar-refractivity contribution >= 4 is 5.91 Å². The van der Waals surface area contributed by atoms with Crippen molar-refractivity contribution < 1.29 is 39.8 Å². The summed E-state index contributed by atoms with van der Waals surface area (Å²) in [5.74, 6) is -0.200. The molecule has 1 amide bonds. The maximum absolute atomic E-state index is 13.1. The van der Waals surface area contributed by atoms with Crippen LogP contribution in [0.4, 0.5) is 0 Å². The van der Waals surface area contributed by atoms with Crippen LogP contribution in [0.2, 0.25) is 0 Å². The van der Waals surface area contributed by atoms with Gasteiger partial charge in [-0.1, -0.05) is 296 Å². The minimum absolute atomic E-state index is 0.200. The summed E-state index contributed by atoms with van der Waals surface area (Å²) < 4.78 is 11.3. The molecule has 9 heteroatoms. The number of carbonyl (C=O) groups is 1. The Hall–Kier alpha value is -3.41. The summed E-state index contributed by atoms with van der Waals surface area (Å²) in [4.78, 5) is 13.1. The number of aliphatic hydroxyl groups is 5. The minimum Gasteiger partial charge on any atom is -0.394 e. The topological polar surface area (TPSA) is 149 Å². The van der Waals surface area contributed by atoms with Crippen LogP contribution in [0.25, 0.3) is 0 Å². The summed E-state index contributed by atoms with van der Waals surface area (Å²) >= 11 is 0. The molecule has 6 N–H and O–H groups in total. The van der Waals surface area contributed by atoms with E-state index in [-0.39, 0.29) is 12.5 Å². The van der Waals surface area contributed by atoms with Gasteiger partial charge in [-0.05, 0) is 103 Å². The van der Waals surface area contributed by atoms with Gasteiger partial charge >= 0.3 is 0 Å². The van der Waals surface area contributed by atoms with Gasteiger partial charge in [-0.15, -0.1) is 0 Å². The number of amides is 1. The standard InChI is InChI=1S/C74H127NO8/c1-3-5-7-9-11-13-15-17-19-21-23-25-27-29-31-33-34-36-38-40-42-44-46-48-50-52-54-56-58-60-62-64-70(78)75-67(66-82-74-73(81)72(80)71(79)69(65-76)83-74)68(77)63-61-59-57-55-53-51-49-47-45-43-41-39-37-35-32-30-28-26-24-22-20-18-16-14-12-10-8-6-4-2/h5,7,11,13,17,19,23,25,29,31,34,36,40,42,45,47,53,55,61,63,67-69,71-74,76-77,79-81H,3-4,6,8-10,12,14-16,18,20-22,24,26-28,30,32-33,35,37-39,41,43-44,46,48-52,54,56-60,62,64-66H2,1-2H3,(H,75,78)/b7-5-,13-11-,19-17-,25-23-,31-29-,36-34-,42-40-,47-45+,55-53+,63-61+. The summed E-state index contributed by atoms with van der Waals surface area (Å²) in [6, 6.07) is -0.842. The highest BCUT2D eigenvalue weighted by atomic mass is 16.7. The maximum atomic E-state index is 13.1.